The van der Waals surface area contributed by atoms with Crippen molar-refractivity contribution in [3.05, 3.63) is 47.2 Å². The Morgan fingerprint density at radius 2 is 2.05 bits per heavy atom. The molecule has 0 aliphatic heterocycles. The van der Waals surface area contributed by atoms with Crippen molar-refractivity contribution in [2.24, 2.45) is 7.05 Å². The monoisotopic (exact) mass is 287 g/mol. The lowest BCUT2D eigenvalue weighted by molar-refractivity contribution is -0.115. The molecular weight excluding hydrogens is 270 g/mol. The summed E-state index contributed by atoms with van der Waals surface area (Å²) < 4.78 is 6.03. The second kappa shape index (κ2) is 6.21. The van der Waals surface area contributed by atoms with Crippen molar-refractivity contribution in [3.8, 4) is 0 Å². The van der Waals surface area contributed by atoms with Crippen LogP contribution in [0.2, 0.25) is 0 Å². The molecule has 2 aromatic rings. The van der Waals surface area contributed by atoms with E-state index in [-0.39, 0.29) is 18.0 Å². The van der Waals surface area contributed by atoms with E-state index in [1.54, 1.807) is 7.05 Å². The zero-order chi connectivity index (χ0) is 15.4. The number of hydrogen-bond donors (Lipinski definition) is 1. The van der Waals surface area contributed by atoms with E-state index in [1.807, 2.05) is 31.2 Å². The fourth-order valence-electron chi connectivity index (χ4n) is 1.96. The van der Waals surface area contributed by atoms with E-state index in [0.29, 0.717) is 5.82 Å². The number of nitrogens with one attached hydrogen (secondary N) is 1. The summed E-state index contributed by atoms with van der Waals surface area (Å²) in [5.41, 5.74) is 2.18. The average molecular weight is 287 g/mol. The van der Waals surface area contributed by atoms with Crippen LogP contribution in [0.5, 0.6) is 0 Å². The van der Waals surface area contributed by atoms with Gasteiger partial charge in [-0.25, -0.2) is 4.79 Å². The van der Waals surface area contributed by atoms with E-state index < -0.39 is 5.97 Å². The Labute approximate surface area is 122 Å². The molecule has 6 heteroatoms. The molecule has 1 amide bonds. The van der Waals surface area contributed by atoms with Crippen molar-refractivity contribution in [1.82, 2.24) is 9.78 Å². The molecule has 0 radical (unpaired) electrons. The number of rotatable bonds is 4. The minimum absolute atomic E-state index is 0.159. The molecular formula is C15H17N3O3. The predicted octanol–water partition coefficient (Wildman–Crippen LogP) is 1.70. The van der Waals surface area contributed by atoms with E-state index in [4.69, 9.17) is 0 Å². The molecule has 1 aromatic carbocycles. The van der Waals surface area contributed by atoms with Gasteiger partial charge in [-0.3, -0.25) is 9.48 Å². The van der Waals surface area contributed by atoms with Crippen molar-refractivity contribution in [1.29, 1.82) is 0 Å². The molecule has 0 saturated carbocycles. The van der Waals surface area contributed by atoms with E-state index >= 15 is 0 Å². The largest absolute Gasteiger partial charge is 0.464 e. The van der Waals surface area contributed by atoms with Crippen LogP contribution in [0.4, 0.5) is 5.82 Å². The Bertz CT molecular complexity index is 677. The summed E-state index contributed by atoms with van der Waals surface area (Å²) in [4.78, 5) is 23.5. The van der Waals surface area contributed by atoms with Gasteiger partial charge in [0.2, 0.25) is 5.91 Å². The van der Waals surface area contributed by atoms with Crippen molar-refractivity contribution in [2.45, 2.75) is 13.3 Å². The summed E-state index contributed by atoms with van der Waals surface area (Å²) in [6.45, 7) is 1.96. The van der Waals surface area contributed by atoms with Crippen molar-refractivity contribution < 1.29 is 14.3 Å². The molecule has 0 saturated heterocycles. The van der Waals surface area contributed by atoms with Gasteiger partial charge < -0.3 is 10.1 Å². The van der Waals surface area contributed by atoms with Crippen LogP contribution in [-0.4, -0.2) is 28.8 Å². The topological polar surface area (TPSA) is 73.2 Å². The molecule has 1 N–H and O–H groups in total. The number of methoxy groups -OCH3 is 1. The lowest BCUT2D eigenvalue weighted by Gasteiger charge is -2.07. The fraction of sp³-hybridized carbons (Fsp3) is 0.267. The maximum Gasteiger partial charge on any atom is 0.358 e. The minimum Gasteiger partial charge on any atom is -0.464 e. The smallest absolute Gasteiger partial charge is 0.358 e. The zero-order valence-electron chi connectivity index (χ0n) is 12.2. The molecule has 0 fully saturated rings. The number of carbonyl (C=O) groups excluding carboxylic acids is 2. The number of anilines is 1. The molecule has 0 aliphatic rings. The molecule has 1 aromatic heterocycles. The van der Waals surface area contributed by atoms with Gasteiger partial charge in [-0.2, -0.15) is 5.10 Å². The number of hydrogen-bond acceptors (Lipinski definition) is 4. The highest BCUT2D eigenvalue weighted by Gasteiger charge is 2.15. The lowest BCUT2D eigenvalue weighted by Crippen LogP contribution is -2.17. The van der Waals surface area contributed by atoms with Crippen LogP contribution < -0.4 is 5.32 Å². The Morgan fingerprint density at radius 3 is 2.71 bits per heavy atom. The molecule has 0 aliphatic carbocycles. The van der Waals surface area contributed by atoms with Gasteiger partial charge in [0, 0.05) is 13.1 Å². The highest BCUT2D eigenvalue weighted by molar-refractivity contribution is 5.94. The SMILES string of the molecule is COC(=O)c1cc(NC(=O)Cc2ccccc2C)n(C)n1. The number of aromatic nitrogens is 2. The number of carbonyl (C=O) groups is 2. The quantitative estimate of drug-likeness (QED) is 0.869. The normalized spacial score (nSPS) is 10.2. The molecule has 110 valence electrons. The number of benzene rings is 1. The van der Waals surface area contributed by atoms with Crippen LogP contribution in [0.1, 0.15) is 21.6 Å². The van der Waals surface area contributed by atoms with Crippen molar-refractivity contribution in [3.63, 3.8) is 0 Å². The maximum atomic E-state index is 12.1. The molecule has 6 nitrogen and oxygen atoms in total. The Balaban J connectivity index is 2.08. The first-order chi connectivity index (χ1) is 10.0. The molecule has 0 atom stereocenters. The van der Waals surface area contributed by atoms with Crippen LogP contribution >= 0.6 is 0 Å². The number of amides is 1. The maximum absolute atomic E-state index is 12.1. The fourth-order valence-corrected chi connectivity index (χ4v) is 1.96. The zero-order valence-corrected chi connectivity index (χ0v) is 12.2. The highest BCUT2D eigenvalue weighted by Crippen LogP contribution is 2.12. The highest BCUT2D eigenvalue weighted by atomic mass is 16.5. The van der Waals surface area contributed by atoms with Gasteiger partial charge in [-0.15, -0.1) is 0 Å². The van der Waals surface area contributed by atoms with Gasteiger partial charge in [0.25, 0.3) is 0 Å². The van der Waals surface area contributed by atoms with Crippen LogP contribution in [0.3, 0.4) is 0 Å². The number of ether oxygens (including phenoxy) is 1. The molecule has 2 rings (SSSR count). The number of esters is 1. The standard InChI is InChI=1S/C15H17N3O3/c1-10-6-4-5-7-11(10)8-14(19)16-13-9-12(15(20)21-3)17-18(13)2/h4-7,9H,8H2,1-3H3,(H,16,19). The number of aryl methyl sites for hydroxylation is 2. The first-order valence-electron chi connectivity index (χ1n) is 6.48. The van der Waals surface area contributed by atoms with Gasteiger partial charge in [-0.05, 0) is 18.1 Å². The third-order valence-electron chi connectivity index (χ3n) is 3.15. The van der Waals surface area contributed by atoms with Crippen molar-refractivity contribution >= 4 is 17.7 Å². The summed E-state index contributed by atoms with van der Waals surface area (Å²) in [5, 5.41) is 6.73. The van der Waals surface area contributed by atoms with Crippen LogP contribution in [0.15, 0.2) is 30.3 Å². The minimum atomic E-state index is -0.537. The van der Waals surface area contributed by atoms with E-state index in [0.717, 1.165) is 11.1 Å². The average Bonchev–Trinajstić information content (AvgIpc) is 2.82. The van der Waals surface area contributed by atoms with Crippen molar-refractivity contribution in [2.75, 3.05) is 12.4 Å². The Hall–Kier alpha value is -2.63. The van der Waals surface area contributed by atoms with Crippen LogP contribution in [-0.2, 0) is 23.0 Å². The molecule has 0 spiro atoms. The van der Waals surface area contributed by atoms with Crippen LogP contribution in [0, 0.1) is 6.92 Å². The van der Waals surface area contributed by atoms with Gasteiger partial charge in [0.1, 0.15) is 5.82 Å². The summed E-state index contributed by atoms with van der Waals surface area (Å²) in [5.74, 6) is -0.247. The first kappa shape index (κ1) is 14.8. The second-order valence-electron chi connectivity index (χ2n) is 4.68. The van der Waals surface area contributed by atoms with Gasteiger partial charge >= 0.3 is 5.97 Å². The lowest BCUT2D eigenvalue weighted by atomic mass is 10.1. The van der Waals surface area contributed by atoms with E-state index in [9.17, 15) is 9.59 Å². The summed E-state index contributed by atoms with van der Waals surface area (Å²) in [6.07, 6.45) is 0.269. The van der Waals surface area contributed by atoms with Gasteiger partial charge in [0.15, 0.2) is 5.69 Å². The molecule has 1 heterocycles. The third-order valence-corrected chi connectivity index (χ3v) is 3.15. The number of nitrogens with zero attached hydrogens (tertiary/aromatic N) is 2. The molecule has 0 unspecified atom stereocenters. The first-order valence-corrected chi connectivity index (χ1v) is 6.48. The third kappa shape index (κ3) is 3.47. The Kier molecular flexibility index (Phi) is 4.37. The second-order valence-corrected chi connectivity index (χ2v) is 4.68. The van der Waals surface area contributed by atoms with Gasteiger partial charge in [0.05, 0.1) is 13.5 Å². The molecule has 21 heavy (non-hydrogen) atoms. The predicted molar refractivity (Wildman–Crippen MR) is 78.1 cm³/mol. The van der Waals surface area contributed by atoms with Gasteiger partial charge in [-0.1, -0.05) is 24.3 Å². The Morgan fingerprint density at radius 1 is 1.33 bits per heavy atom. The summed E-state index contributed by atoms with van der Waals surface area (Å²) >= 11 is 0. The molecule has 0 bridgehead atoms. The van der Waals surface area contributed by atoms with Crippen LogP contribution in [0.25, 0.3) is 0 Å². The summed E-state index contributed by atoms with van der Waals surface area (Å²) in [7, 11) is 2.93. The summed E-state index contributed by atoms with van der Waals surface area (Å²) in [6, 6.07) is 9.19. The van der Waals surface area contributed by atoms with E-state index in [1.165, 1.54) is 17.9 Å². The van der Waals surface area contributed by atoms with E-state index in [2.05, 4.69) is 15.2 Å².